The fourth-order valence-electron chi connectivity index (χ4n) is 4.05. The van der Waals surface area contributed by atoms with E-state index in [1.165, 1.54) is 0 Å². The summed E-state index contributed by atoms with van der Waals surface area (Å²) in [5, 5.41) is 7.36. The van der Waals surface area contributed by atoms with Gasteiger partial charge < -0.3 is 9.80 Å². The minimum atomic E-state index is 0.0803. The molecule has 1 aromatic heterocycles. The lowest BCUT2D eigenvalue weighted by Crippen LogP contribution is -2.47. The molecule has 6 nitrogen and oxygen atoms in total. The van der Waals surface area contributed by atoms with E-state index in [2.05, 4.69) is 16.3 Å². The molecule has 2 aliphatic rings. The van der Waals surface area contributed by atoms with E-state index in [-0.39, 0.29) is 17.9 Å². The lowest BCUT2D eigenvalue weighted by atomic mass is 9.93. The van der Waals surface area contributed by atoms with Gasteiger partial charge in [-0.25, -0.2) is 0 Å². The molecule has 3 rings (SSSR count). The molecule has 0 radical (unpaired) electrons. The molecule has 1 N–H and O–H groups in total. The van der Waals surface area contributed by atoms with Crippen molar-refractivity contribution in [2.45, 2.75) is 64.3 Å². The first-order valence-electron chi connectivity index (χ1n) is 9.11. The SMILES string of the molecule is CC(=O)N1CCCC[C@@H]1CC(=O)N1CCC[C@@H](c2cc(C)[nH]n2)C1. The number of aromatic amines is 1. The standard InChI is InChI=1S/C18H28N4O2/c1-13-10-17(20-19-13)15-6-5-8-21(12-15)18(24)11-16-7-3-4-9-22(16)14(2)23/h10,15-16H,3-9,11-12H2,1-2H3,(H,19,20)/t15-,16-/m1/s1. The number of aromatic nitrogens is 2. The number of carbonyl (C=O) groups is 2. The summed E-state index contributed by atoms with van der Waals surface area (Å²) < 4.78 is 0. The predicted molar refractivity (Wildman–Crippen MR) is 91.5 cm³/mol. The third-order valence-corrected chi connectivity index (χ3v) is 5.36. The summed E-state index contributed by atoms with van der Waals surface area (Å²) >= 11 is 0. The van der Waals surface area contributed by atoms with Crippen molar-refractivity contribution in [3.8, 4) is 0 Å². The maximum absolute atomic E-state index is 12.8. The van der Waals surface area contributed by atoms with E-state index in [1.54, 1.807) is 6.92 Å². The monoisotopic (exact) mass is 332 g/mol. The fourth-order valence-corrected chi connectivity index (χ4v) is 4.05. The van der Waals surface area contributed by atoms with E-state index in [0.717, 1.165) is 63.1 Å². The van der Waals surface area contributed by atoms with Crippen LogP contribution in [0.3, 0.4) is 0 Å². The number of nitrogens with one attached hydrogen (secondary N) is 1. The maximum Gasteiger partial charge on any atom is 0.224 e. The van der Waals surface area contributed by atoms with Gasteiger partial charge in [0.15, 0.2) is 0 Å². The van der Waals surface area contributed by atoms with E-state index in [0.29, 0.717) is 12.3 Å². The Kier molecular flexibility index (Phi) is 5.21. The summed E-state index contributed by atoms with van der Waals surface area (Å²) in [5.41, 5.74) is 2.13. The van der Waals surface area contributed by atoms with E-state index in [4.69, 9.17) is 0 Å². The largest absolute Gasteiger partial charge is 0.342 e. The summed E-state index contributed by atoms with van der Waals surface area (Å²) in [7, 11) is 0. The number of aryl methyl sites for hydroxylation is 1. The maximum atomic E-state index is 12.8. The molecule has 0 aromatic carbocycles. The van der Waals surface area contributed by atoms with E-state index >= 15 is 0 Å². The van der Waals surface area contributed by atoms with Crippen molar-refractivity contribution < 1.29 is 9.59 Å². The first kappa shape index (κ1) is 17.0. The highest BCUT2D eigenvalue weighted by Crippen LogP contribution is 2.27. The number of carbonyl (C=O) groups excluding carboxylic acids is 2. The second-order valence-electron chi connectivity index (χ2n) is 7.22. The zero-order valence-electron chi connectivity index (χ0n) is 14.8. The van der Waals surface area contributed by atoms with Crippen LogP contribution in [0.2, 0.25) is 0 Å². The molecule has 24 heavy (non-hydrogen) atoms. The van der Waals surface area contributed by atoms with Gasteiger partial charge >= 0.3 is 0 Å². The lowest BCUT2D eigenvalue weighted by Gasteiger charge is -2.37. The van der Waals surface area contributed by atoms with Crippen molar-refractivity contribution in [3.05, 3.63) is 17.5 Å². The molecule has 3 heterocycles. The van der Waals surface area contributed by atoms with Crippen molar-refractivity contribution in [1.29, 1.82) is 0 Å². The molecule has 0 saturated carbocycles. The molecule has 2 aliphatic heterocycles. The van der Waals surface area contributed by atoms with Gasteiger partial charge in [0.25, 0.3) is 0 Å². The van der Waals surface area contributed by atoms with Gasteiger partial charge in [-0.1, -0.05) is 0 Å². The van der Waals surface area contributed by atoms with Gasteiger partial charge in [-0.05, 0) is 45.1 Å². The van der Waals surface area contributed by atoms with Gasteiger partial charge in [-0.15, -0.1) is 0 Å². The van der Waals surface area contributed by atoms with Crippen molar-refractivity contribution in [2.75, 3.05) is 19.6 Å². The highest BCUT2D eigenvalue weighted by molar-refractivity contribution is 5.79. The molecule has 2 saturated heterocycles. The Labute approximate surface area is 143 Å². The molecule has 0 spiro atoms. The van der Waals surface area contributed by atoms with E-state index in [9.17, 15) is 9.59 Å². The topological polar surface area (TPSA) is 69.3 Å². The average molecular weight is 332 g/mol. The van der Waals surface area contributed by atoms with Gasteiger partial charge in [0.05, 0.1) is 5.69 Å². The number of H-pyrrole nitrogens is 1. The Balaban J connectivity index is 1.60. The summed E-state index contributed by atoms with van der Waals surface area (Å²) in [6, 6.07) is 2.16. The van der Waals surface area contributed by atoms with E-state index in [1.807, 2.05) is 16.7 Å². The van der Waals surface area contributed by atoms with Crippen LogP contribution >= 0.6 is 0 Å². The number of hydrogen-bond acceptors (Lipinski definition) is 3. The second kappa shape index (κ2) is 7.36. The second-order valence-corrected chi connectivity index (χ2v) is 7.22. The molecule has 0 bridgehead atoms. The zero-order valence-corrected chi connectivity index (χ0v) is 14.8. The van der Waals surface area contributed by atoms with Gasteiger partial charge in [-0.2, -0.15) is 5.10 Å². The number of rotatable bonds is 3. The molecule has 2 amide bonds. The lowest BCUT2D eigenvalue weighted by molar-refractivity contribution is -0.138. The summed E-state index contributed by atoms with van der Waals surface area (Å²) in [5.74, 6) is 0.601. The zero-order chi connectivity index (χ0) is 17.1. The number of hydrogen-bond donors (Lipinski definition) is 1. The minimum Gasteiger partial charge on any atom is -0.342 e. The third-order valence-electron chi connectivity index (χ3n) is 5.36. The van der Waals surface area contributed by atoms with Crippen LogP contribution < -0.4 is 0 Å². The summed E-state index contributed by atoms with van der Waals surface area (Å²) in [4.78, 5) is 28.4. The number of nitrogens with zero attached hydrogens (tertiary/aromatic N) is 3. The van der Waals surface area contributed by atoms with Crippen molar-refractivity contribution >= 4 is 11.8 Å². The molecule has 2 fully saturated rings. The highest BCUT2D eigenvalue weighted by Gasteiger charge is 2.31. The van der Waals surface area contributed by atoms with Gasteiger partial charge in [0.2, 0.25) is 11.8 Å². The number of amides is 2. The van der Waals surface area contributed by atoms with Crippen LogP contribution in [0.4, 0.5) is 0 Å². The van der Waals surface area contributed by atoms with Crippen LogP contribution in [0.15, 0.2) is 6.07 Å². The van der Waals surface area contributed by atoms with Gasteiger partial charge in [0, 0.05) is 50.6 Å². The first-order chi connectivity index (χ1) is 11.5. The van der Waals surface area contributed by atoms with Crippen molar-refractivity contribution in [3.63, 3.8) is 0 Å². The van der Waals surface area contributed by atoms with Crippen molar-refractivity contribution in [1.82, 2.24) is 20.0 Å². The van der Waals surface area contributed by atoms with Gasteiger partial charge in [-0.3, -0.25) is 14.7 Å². The molecule has 0 unspecified atom stereocenters. The average Bonchev–Trinajstić information content (AvgIpc) is 3.02. The minimum absolute atomic E-state index is 0.0803. The molecule has 1 aromatic rings. The summed E-state index contributed by atoms with van der Waals surface area (Å²) in [6.45, 7) is 5.98. The Morgan fingerprint density at radius 3 is 2.79 bits per heavy atom. The Hall–Kier alpha value is -1.85. The Morgan fingerprint density at radius 2 is 2.08 bits per heavy atom. The van der Waals surface area contributed by atoms with Crippen LogP contribution in [-0.4, -0.2) is 57.5 Å². The van der Waals surface area contributed by atoms with Crippen LogP contribution in [0, 0.1) is 6.92 Å². The molecule has 6 heteroatoms. The smallest absolute Gasteiger partial charge is 0.224 e. The van der Waals surface area contributed by atoms with Gasteiger partial charge in [0.1, 0.15) is 0 Å². The first-order valence-corrected chi connectivity index (χ1v) is 9.11. The molecular formula is C18H28N4O2. The molecule has 132 valence electrons. The van der Waals surface area contributed by atoms with Crippen LogP contribution in [-0.2, 0) is 9.59 Å². The molecule has 2 atom stereocenters. The number of likely N-dealkylation sites (tertiary alicyclic amines) is 2. The quantitative estimate of drug-likeness (QED) is 0.923. The summed E-state index contributed by atoms with van der Waals surface area (Å²) in [6.07, 6.45) is 5.67. The molecule has 0 aliphatic carbocycles. The fraction of sp³-hybridized carbons (Fsp3) is 0.722. The van der Waals surface area contributed by atoms with Crippen LogP contribution in [0.25, 0.3) is 0 Å². The Bertz CT molecular complexity index is 598. The predicted octanol–water partition coefficient (Wildman–Crippen LogP) is 2.22. The Morgan fingerprint density at radius 1 is 1.25 bits per heavy atom. The van der Waals surface area contributed by atoms with Crippen LogP contribution in [0.5, 0.6) is 0 Å². The molecular weight excluding hydrogens is 304 g/mol. The highest BCUT2D eigenvalue weighted by atomic mass is 16.2. The normalized spacial score (nSPS) is 24.9. The third kappa shape index (κ3) is 3.79. The van der Waals surface area contributed by atoms with Crippen molar-refractivity contribution in [2.24, 2.45) is 0 Å². The van der Waals surface area contributed by atoms with Crippen LogP contribution in [0.1, 0.15) is 62.8 Å². The number of piperidine rings is 2. The van der Waals surface area contributed by atoms with E-state index < -0.39 is 0 Å².